The zero-order valence-electron chi connectivity index (χ0n) is 9.96. The summed E-state index contributed by atoms with van der Waals surface area (Å²) in [6.45, 7) is 2.42. The van der Waals surface area contributed by atoms with Crippen LogP contribution in [0.3, 0.4) is 0 Å². The van der Waals surface area contributed by atoms with Crippen molar-refractivity contribution < 1.29 is 4.79 Å². The van der Waals surface area contributed by atoms with E-state index in [0.29, 0.717) is 6.54 Å². The molecule has 0 fully saturated rings. The number of H-pyrrole nitrogens is 1. The SMILES string of the molecule is CC(Cn1cccn1)NC(=O)c1c[nH]ccc1=O. The fourth-order valence-corrected chi connectivity index (χ4v) is 1.63. The predicted molar refractivity (Wildman–Crippen MR) is 66.2 cm³/mol. The molecule has 0 aliphatic carbocycles. The number of aromatic amines is 1. The molecule has 2 heterocycles. The van der Waals surface area contributed by atoms with Crippen molar-refractivity contribution in [1.29, 1.82) is 0 Å². The Morgan fingerprint density at radius 1 is 1.61 bits per heavy atom. The van der Waals surface area contributed by atoms with Gasteiger partial charge in [-0.2, -0.15) is 5.10 Å². The fraction of sp³-hybridized carbons (Fsp3) is 0.250. The van der Waals surface area contributed by atoms with Crippen molar-refractivity contribution in [3.63, 3.8) is 0 Å². The summed E-state index contributed by atoms with van der Waals surface area (Å²) in [7, 11) is 0. The first-order chi connectivity index (χ1) is 8.66. The first kappa shape index (κ1) is 12.1. The van der Waals surface area contributed by atoms with Crippen LogP contribution >= 0.6 is 0 Å². The van der Waals surface area contributed by atoms with E-state index in [2.05, 4.69) is 15.4 Å². The number of nitrogens with zero attached hydrogens (tertiary/aromatic N) is 2. The van der Waals surface area contributed by atoms with Crippen molar-refractivity contribution in [2.24, 2.45) is 0 Å². The Balaban J connectivity index is 1.99. The lowest BCUT2D eigenvalue weighted by Crippen LogP contribution is -2.37. The standard InChI is InChI=1S/C12H14N4O2/c1-9(8-16-6-2-4-14-16)15-12(18)10-7-13-5-3-11(10)17/h2-7,9H,8H2,1H3,(H,13,17)(H,15,18). The maximum atomic E-state index is 11.8. The molecule has 2 N–H and O–H groups in total. The minimum atomic E-state index is -0.378. The molecule has 94 valence electrons. The number of carbonyl (C=O) groups excluding carboxylic acids is 1. The van der Waals surface area contributed by atoms with Crippen LogP contribution in [0.2, 0.25) is 0 Å². The second kappa shape index (κ2) is 5.31. The lowest BCUT2D eigenvalue weighted by atomic mass is 10.2. The summed E-state index contributed by atoms with van der Waals surface area (Å²) in [5.74, 6) is -0.378. The van der Waals surface area contributed by atoms with Gasteiger partial charge in [-0.05, 0) is 13.0 Å². The van der Waals surface area contributed by atoms with Crippen molar-refractivity contribution in [1.82, 2.24) is 20.1 Å². The third-order valence-electron chi connectivity index (χ3n) is 2.47. The molecule has 18 heavy (non-hydrogen) atoms. The summed E-state index contributed by atoms with van der Waals surface area (Å²) in [6, 6.07) is 3.03. The van der Waals surface area contributed by atoms with Crippen molar-refractivity contribution in [3.8, 4) is 0 Å². The van der Waals surface area contributed by atoms with Crippen LogP contribution in [0.4, 0.5) is 0 Å². The van der Waals surface area contributed by atoms with E-state index in [9.17, 15) is 9.59 Å². The van der Waals surface area contributed by atoms with Gasteiger partial charge in [-0.15, -0.1) is 0 Å². The molecular weight excluding hydrogens is 232 g/mol. The second-order valence-corrected chi connectivity index (χ2v) is 4.02. The zero-order chi connectivity index (χ0) is 13.0. The van der Waals surface area contributed by atoms with Crippen LogP contribution in [0.25, 0.3) is 0 Å². The second-order valence-electron chi connectivity index (χ2n) is 4.02. The lowest BCUT2D eigenvalue weighted by Gasteiger charge is -2.13. The Hall–Kier alpha value is -2.37. The monoisotopic (exact) mass is 246 g/mol. The Kier molecular flexibility index (Phi) is 3.57. The average Bonchev–Trinajstić information content (AvgIpc) is 2.82. The number of hydrogen-bond donors (Lipinski definition) is 2. The largest absolute Gasteiger partial charge is 0.367 e. The number of pyridine rings is 1. The highest BCUT2D eigenvalue weighted by molar-refractivity contribution is 5.93. The van der Waals surface area contributed by atoms with E-state index in [4.69, 9.17) is 0 Å². The highest BCUT2D eigenvalue weighted by Crippen LogP contribution is 1.94. The Bertz CT molecular complexity index is 574. The smallest absolute Gasteiger partial charge is 0.257 e. The van der Waals surface area contributed by atoms with Gasteiger partial charge in [0.15, 0.2) is 5.43 Å². The van der Waals surface area contributed by atoms with Crippen LogP contribution in [-0.2, 0) is 6.54 Å². The van der Waals surface area contributed by atoms with Crippen molar-refractivity contribution >= 4 is 5.91 Å². The normalized spacial score (nSPS) is 12.1. The third kappa shape index (κ3) is 2.85. The number of amides is 1. The van der Waals surface area contributed by atoms with E-state index in [1.54, 1.807) is 10.9 Å². The van der Waals surface area contributed by atoms with Gasteiger partial charge in [0.05, 0.1) is 6.54 Å². The van der Waals surface area contributed by atoms with Gasteiger partial charge >= 0.3 is 0 Å². The number of rotatable bonds is 4. The van der Waals surface area contributed by atoms with Crippen LogP contribution in [-0.4, -0.2) is 26.7 Å². The molecule has 2 rings (SSSR count). The molecule has 6 heteroatoms. The molecule has 0 spiro atoms. The minimum absolute atomic E-state index is 0.114. The summed E-state index contributed by atoms with van der Waals surface area (Å²) in [6.07, 6.45) is 6.39. The molecule has 6 nitrogen and oxygen atoms in total. The van der Waals surface area contributed by atoms with Gasteiger partial charge < -0.3 is 10.3 Å². The molecule has 1 unspecified atom stereocenters. The molecule has 0 aliphatic rings. The average molecular weight is 246 g/mol. The van der Waals surface area contributed by atoms with Crippen LogP contribution < -0.4 is 10.7 Å². The Morgan fingerprint density at radius 2 is 2.44 bits per heavy atom. The molecule has 2 aromatic rings. The lowest BCUT2D eigenvalue weighted by molar-refractivity contribution is 0.0934. The summed E-state index contributed by atoms with van der Waals surface area (Å²) in [5, 5.41) is 6.81. The first-order valence-corrected chi connectivity index (χ1v) is 5.62. The molecule has 0 radical (unpaired) electrons. The molecule has 0 saturated carbocycles. The number of carbonyl (C=O) groups is 1. The molecule has 2 aromatic heterocycles. The van der Waals surface area contributed by atoms with Gasteiger partial charge in [0.25, 0.3) is 5.91 Å². The van der Waals surface area contributed by atoms with Gasteiger partial charge in [-0.25, -0.2) is 0 Å². The van der Waals surface area contributed by atoms with E-state index in [0.717, 1.165) is 0 Å². The molecule has 0 aromatic carbocycles. The molecular formula is C12H14N4O2. The molecule has 0 aliphatic heterocycles. The molecule has 1 amide bonds. The molecule has 0 saturated heterocycles. The van der Waals surface area contributed by atoms with Crippen LogP contribution in [0.15, 0.2) is 41.7 Å². The quantitative estimate of drug-likeness (QED) is 0.819. The number of nitrogens with one attached hydrogen (secondary N) is 2. The van der Waals surface area contributed by atoms with Gasteiger partial charge in [-0.3, -0.25) is 14.3 Å². The van der Waals surface area contributed by atoms with Crippen LogP contribution in [0.5, 0.6) is 0 Å². The van der Waals surface area contributed by atoms with Crippen LogP contribution in [0.1, 0.15) is 17.3 Å². The number of hydrogen-bond acceptors (Lipinski definition) is 3. The maximum absolute atomic E-state index is 11.8. The van der Waals surface area contributed by atoms with Gasteiger partial charge in [0.1, 0.15) is 5.56 Å². The summed E-state index contributed by atoms with van der Waals surface area (Å²) < 4.78 is 1.72. The van der Waals surface area contributed by atoms with E-state index in [1.807, 2.05) is 19.2 Å². The van der Waals surface area contributed by atoms with Gasteiger partial charge in [0.2, 0.25) is 0 Å². The molecule has 0 bridgehead atoms. The van der Waals surface area contributed by atoms with E-state index in [-0.39, 0.29) is 22.9 Å². The van der Waals surface area contributed by atoms with Gasteiger partial charge in [0, 0.05) is 36.9 Å². The van der Waals surface area contributed by atoms with Gasteiger partial charge in [-0.1, -0.05) is 0 Å². The summed E-state index contributed by atoms with van der Waals surface area (Å²) in [4.78, 5) is 26.0. The van der Waals surface area contributed by atoms with E-state index >= 15 is 0 Å². The summed E-state index contributed by atoms with van der Waals surface area (Å²) >= 11 is 0. The fourth-order valence-electron chi connectivity index (χ4n) is 1.63. The highest BCUT2D eigenvalue weighted by atomic mass is 16.2. The minimum Gasteiger partial charge on any atom is -0.367 e. The maximum Gasteiger partial charge on any atom is 0.257 e. The highest BCUT2D eigenvalue weighted by Gasteiger charge is 2.12. The Labute approximate surface area is 104 Å². The predicted octanol–water partition coefficient (Wildman–Crippen LogP) is 0.390. The van der Waals surface area contributed by atoms with E-state index in [1.165, 1.54) is 18.5 Å². The molecule has 1 atom stereocenters. The number of aromatic nitrogens is 3. The van der Waals surface area contributed by atoms with E-state index < -0.39 is 0 Å². The first-order valence-electron chi connectivity index (χ1n) is 5.62. The Morgan fingerprint density at radius 3 is 3.11 bits per heavy atom. The zero-order valence-corrected chi connectivity index (χ0v) is 9.96. The third-order valence-corrected chi connectivity index (χ3v) is 2.47. The van der Waals surface area contributed by atoms with Crippen molar-refractivity contribution in [2.75, 3.05) is 0 Å². The topological polar surface area (TPSA) is 79.8 Å². The summed E-state index contributed by atoms with van der Waals surface area (Å²) in [5.41, 5.74) is -0.178. The van der Waals surface area contributed by atoms with Crippen molar-refractivity contribution in [2.45, 2.75) is 19.5 Å². The van der Waals surface area contributed by atoms with Crippen molar-refractivity contribution in [3.05, 3.63) is 52.7 Å². The van der Waals surface area contributed by atoms with Crippen LogP contribution in [0, 0.1) is 0 Å².